The van der Waals surface area contributed by atoms with Gasteiger partial charge in [-0.2, -0.15) is 5.26 Å². The Bertz CT molecular complexity index is 1610. The van der Waals surface area contributed by atoms with Crippen LogP contribution in [-0.2, 0) is 4.79 Å². The third-order valence-corrected chi connectivity index (χ3v) is 7.13. The summed E-state index contributed by atoms with van der Waals surface area (Å²) in [6, 6.07) is 40.0. The first-order valence-corrected chi connectivity index (χ1v) is 13.3. The van der Waals surface area contributed by atoms with Crippen molar-refractivity contribution in [1.82, 2.24) is 4.98 Å². The van der Waals surface area contributed by atoms with Crippen LogP contribution in [0, 0.1) is 18.3 Å². The van der Waals surface area contributed by atoms with Gasteiger partial charge in [-0.05, 0) is 30.2 Å². The molecule has 0 aliphatic heterocycles. The lowest BCUT2D eigenvalue weighted by molar-refractivity contribution is -0.113. The molecule has 5 heteroatoms. The van der Waals surface area contributed by atoms with Crippen molar-refractivity contribution in [1.29, 1.82) is 5.26 Å². The molecule has 1 aromatic heterocycles. The highest BCUT2D eigenvalue weighted by Crippen LogP contribution is 2.34. The van der Waals surface area contributed by atoms with E-state index in [1.54, 1.807) is 0 Å². The van der Waals surface area contributed by atoms with Gasteiger partial charge in [0.2, 0.25) is 5.91 Å². The Morgan fingerprint density at radius 3 is 2.05 bits per heavy atom. The fraction of sp³-hybridized carbons (Fsp3) is 0.0606. The maximum Gasteiger partial charge on any atom is 0.234 e. The minimum atomic E-state index is -0.161. The van der Waals surface area contributed by atoms with Gasteiger partial charge in [0.1, 0.15) is 11.1 Å². The van der Waals surface area contributed by atoms with Crippen LogP contribution >= 0.6 is 11.8 Å². The summed E-state index contributed by atoms with van der Waals surface area (Å²) in [7, 11) is 0. The topological polar surface area (TPSA) is 65.8 Å². The molecule has 5 rings (SSSR count). The summed E-state index contributed by atoms with van der Waals surface area (Å²) < 4.78 is 0. The molecule has 4 aromatic carbocycles. The van der Waals surface area contributed by atoms with Crippen LogP contribution < -0.4 is 5.32 Å². The lowest BCUT2D eigenvalue weighted by Gasteiger charge is -2.14. The van der Waals surface area contributed by atoms with Gasteiger partial charge in [-0.15, -0.1) is 0 Å². The third-order valence-electron chi connectivity index (χ3n) is 6.16. The van der Waals surface area contributed by atoms with Crippen molar-refractivity contribution in [3.05, 3.63) is 126 Å². The van der Waals surface area contributed by atoms with Gasteiger partial charge in [0.05, 0.1) is 17.0 Å². The first-order valence-electron chi connectivity index (χ1n) is 12.3. The molecule has 1 amide bonds. The summed E-state index contributed by atoms with van der Waals surface area (Å²) in [4.78, 5) is 17.9. The minimum absolute atomic E-state index is 0.121. The number of amides is 1. The second kappa shape index (κ2) is 11.6. The molecule has 0 fully saturated rings. The Balaban J connectivity index is 1.45. The zero-order valence-corrected chi connectivity index (χ0v) is 21.7. The molecule has 38 heavy (non-hydrogen) atoms. The van der Waals surface area contributed by atoms with Crippen molar-refractivity contribution in [2.75, 3.05) is 11.1 Å². The van der Waals surface area contributed by atoms with Crippen molar-refractivity contribution in [3.63, 3.8) is 0 Å². The number of aryl methyl sites for hydroxylation is 1. The smallest absolute Gasteiger partial charge is 0.234 e. The Morgan fingerprint density at radius 1 is 0.789 bits per heavy atom. The van der Waals surface area contributed by atoms with Crippen molar-refractivity contribution in [2.24, 2.45) is 0 Å². The number of hydrogen-bond acceptors (Lipinski definition) is 4. The SMILES string of the molecule is Cc1ccc(-c2cc(-c3ccccc3)c(C#N)c(SCC(=O)Nc3ccccc3-c3ccccc3)n2)cc1. The number of aromatic nitrogens is 1. The maximum atomic E-state index is 13.1. The normalized spacial score (nSPS) is 10.5. The van der Waals surface area contributed by atoms with Crippen LogP contribution in [0.25, 0.3) is 33.5 Å². The highest BCUT2D eigenvalue weighted by molar-refractivity contribution is 8.00. The standard InChI is InChI=1S/C33H25N3OS/c1-23-16-18-26(19-17-23)31-20-28(25-12-6-3-7-13-25)29(21-34)33(36-31)38-22-32(37)35-30-15-9-8-14-27(30)24-10-4-2-5-11-24/h2-20H,22H2,1H3,(H,35,37). The van der Waals surface area contributed by atoms with E-state index in [2.05, 4.69) is 11.4 Å². The Hall–Kier alpha value is -4.66. The number of anilines is 1. The molecular weight excluding hydrogens is 486 g/mol. The second-order valence-electron chi connectivity index (χ2n) is 8.83. The number of nitrogens with zero attached hydrogens (tertiary/aromatic N) is 2. The van der Waals surface area contributed by atoms with Crippen molar-refractivity contribution >= 4 is 23.4 Å². The molecule has 0 saturated carbocycles. The average molecular weight is 512 g/mol. The number of nitriles is 1. The largest absolute Gasteiger partial charge is 0.325 e. The molecule has 0 atom stereocenters. The molecule has 4 nitrogen and oxygen atoms in total. The van der Waals surface area contributed by atoms with Gasteiger partial charge in [-0.3, -0.25) is 4.79 Å². The molecule has 184 valence electrons. The summed E-state index contributed by atoms with van der Waals surface area (Å²) in [6.45, 7) is 2.04. The van der Waals surface area contributed by atoms with Crippen LogP contribution in [0.15, 0.2) is 120 Å². The summed E-state index contributed by atoms with van der Waals surface area (Å²) in [5.41, 5.74) is 7.82. The number of thioether (sulfide) groups is 1. The van der Waals surface area contributed by atoms with Gasteiger partial charge < -0.3 is 5.32 Å². The number of pyridine rings is 1. The Labute approximate surface area is 227 Å². The average Bonchev–Trinajstić information content (AvgIpc) is 2.97. The number of benzene rings is 4. The molecule has 0 radical (unpaired) electrons. The quantitative estimate of drug-likeness (QED) is 0.225. The van der Waals surface area contributed by atoms with Gasteiger partial charge in [0, 0.05) is 22.4 Å². The number of hydrogen-bond donors (Lipinski definition) is 1. The van der Waals surface area contributed by atoms with Crippen molar-refractivity contribution in [3.8, 4) is 39.6 Å². The first-order chi connectivity index (χ1) is 18.6. The van der Waals surface area contributed by atoms with Gasteiger partial charge in [0.25, 0.3) is 0 Å². The van der Waals surface area contributed by atoms with Crippen molar-refractivity contribution < 1.29 is 4.79 Å². The number of para-hydroxylation sites is 1. The molecule has 0 bridgehead atoms. The molecule has 0 unspecified atom stereocenters. The highest BCUT2D eigenvalue weighted by Gasteiger charge is 2.17. The van der Waals surface area contributed by atoms with E-state index in [9.17, 15) is 10.1 Å². The number of rotatable bonds is 7. The Kier molecular flexibility index (Phi) is 7.63. The van der Waals surface area contributed by atoms with Gasteiger partial charge in [-0.1, -0.05) is 120 Å². The number of carbonyl (C=O) groups is 1. The van der Waals surface area contributed by atoms with E-state index in [0.717, 1.165) is 44.8 Å². The van der Waals surface area contributed by atoms with E-state index < -0.39 is 0 Å². The predicted molar refractivity (Wildman–Crippen MR) is 156 cm³/mol. The molecule has 0 aliphatic carbocycles. The zero-order chi connectivity index (χ0) is 26.3. The number of nitrogens with one attached hydrogen (secondary N) is 1. The summed E-state index contributed by atoms with van der Waals surface area (Å²) in [5, 5.41) is 13.7. The lowest BCUT2D eigenvalue weighted by atomic mass is 9.99. The van der Waals surface area contributed by atoms with E-state index >= 15 is 0 Å². The fourth-order valence-electron chi connectivity index (χ4n) is 4.23. The predicted octanol–water partition coefficient (Wildman–Crippen LogP) is 7.99. The van der Waals surface area contributed by atoms with Crippen LogP contribution in [0.2, 0.25) is 0 Å². The molecule has 0 spiro atoms. The minimum Gasteiger partial charge on any atom is -0.325 e. The van der Waals surface area contributed by atoms with Crippen LogP contribution in [0.4, 0.5) is 5.69 Å². The molecular formula is C33H25N3OS. The maximum absolute atomic E-state index is 13.1. The van der Waals surface area contributed by atoms with E-state index in [-0.39, 0.29) is 11.7 Å². The van der Waals surface area contributed by atoms with Gasteiger partial charge in [0.15, 0.2) is 0 Å². The van der Waals surface area contributed by atoms with Crippen LogP contribution in [0.3, 0.4) is 0 Å². The molecule has 0 aliphatic rings. The number of carbonyl (C=O) groups excluding carboxylic acids is 1. The van der Waals surface area contributed by atoms with E-state index in [1.165, 1.54) is 11.8 Å². The molecule has 5 aromatic rings. The molecule has 1 heterocycles. The molecule has 0 saturated heterocycles. The van der Waals surface area contributed by atoms with E-state index in [0.29, 0.717) is 10.6 Å². The molecule has 1 N–H and O–H groups in total. The van der Waals surface area contributed by atoms with Crippen LogP contribution in [0.5, 0.6) is 0 Å². The second-order valence-corrected chi connectivity index (χ2v) is 9.79. The monoisotopic (exact) mass is 511 g/mol. The van der Waals surface area contributed by atoms with E-state index in [1.807, 2.05) is 122 Å². The van der Waals surface area contributed by atoms with E-state index in [4.69, 9.17) is 4.98 Å². The third kappa shape index (κ3) is 5.67. The summed E-state index contributed by atoms with van der Waals surface area (Å²) >= 11 is 1.28. The summed E-state index contributed by atoms with van der Waals surface area (Å²) in [6.07, 6.45) is 0. The van der Waals surface area contributed by atoms with Crippen LogP contribution in [-0.4, -0.2) is 16.6 Å². The zero-order valence-electron chi connectivity index (χ0n) is 20.9. The summed E-state index contributed by atoms with van der Waals surface area (Å²) in [5.74, 6) is -0.0396. The van der Waals surface area contributed by atoms with Gasteiger partial charge in [-0.25, -0.2) is 4.98 Å². The first kappa shape index (κ1) is 25.0. The van der Waals surface area contributed by atoms with Crippen LogP contribution in [0.1, 0.15) is 11.1 Å². The fourth-order valence-corrected chi connectivity index (χ4v) is 5.04. The van der Waals surface area contributed by atoms with Gasteiger partial charge >= 0.3 is 0 Å². The Morgan fingerprint density at radius 2 is 1.39 bits per heavy atom. The lowest BCUT2D eigenvalue weighted by Crippen LogP contribution is -2.15. The highest BCUT2D eigenvalue weighted by atomic mass is 32.2. The van der Waals surface area contributed by atoms with Crippen molar-refractivity contribution in [2.45, 2.75) is 11.9 Å².